The fourth-order valence-electron chi connectivity index (χ4n) is 17.1. The van der Waals surface area contributed by atoms with Crippen molar-refractivity contribution in [1.82, 2.24) is 0 Å². The Morgan fingerprint density at radius 1 is 0.167 bits per heavy atom. The lowest BCUT2D eigenvalue weighted by molar-refractivity contribution is -0.138. The molecule has 8 heteroatoms. The molecular weight excluding hydrogens is 1340 g/mol. The third-order valence-corrected chi connectivity index (χ3v) is 21.4. The summed E-state index contributed by atoms with van der Waals surface area (Å²) in [6, 6.07) is 141. The molecule has 0 atom stereocenters. The summed E-state index contributed by atoms with van der Waals surface area (Å²) in [5.74, 6) is 14.9. The van der Waals surface area contributed by atoms with Crippen LogP contribution in [-0.2, 0) is 33.6 Å². The molecule has 15 aromatic rings. The third-order valence-electron chi connectivity index (χ3n) is 21.4. The standard InChI is InChI=1S/C100H70B2F6/c103-99(104,105)91-69-63-75(64-70-91)61-67-77-74-94(102(97(85-49-25-7-26-50-85,86-51-27-8-28-52-86)87-53-29-9-30-54-87)98(88-55-31-10-32-56-88,89-57-33-11-34-58-89)90-59-35-12-36-60-90)78(68-62-76-65-71-92(72-66-76)100(106,107)108)73-93(77)101(95(79-37-13-1-14-38-79,80-39-15-2-16-40-80)81-41-17-3-18-42-81)96(82-43-19-4-20-44-82,83-45-21-5-22-46-83)84-47-23-6-24-48-84/h1-60,63-66,69-74H. The average molecular weight is 1410 g/mol. The molecule has 0 nitrogen and oxygen atoms in total. The van der Waals surface area contributed by atoms with Gasteiger partial charge in [0.15, 0.2) is 0 Å². The molecule has 0 aliphatic heterocycles. The van der Waals surface area contributed by atoms with Crippen LogP contribution in [0.25, 0.3) is 0 Å². The van der Waals surface area contributed by atoms with Gasteiger partial charge in [-0.2, -0.15) is 26.3 Å². The second kappa shape index (κ2) is 30.7. The van der Waals surface area contributed by atoms with Crippen LogP contribution in [0.2, 0.25) is 0 Å². The molecule has 15 rings (SSSR count). The molecule has 518 valence electrons. The molecule has 0 fully saturated rings. The van der Waals surface area contributed by atoms with E-state index in [0.29, 0.717) is 33.2 Å². The SMILES string of the molecule is FC(F)(F)c1ccc(C#Cc2cc(B(C(c3ccccc3)(c3ccccc3)c3ccccc3)C(c3ccccc3)(c3ccccc3)c3ccccc3)c(C#Cc3ccc(C(F)(F)F)cc3)cc2B(C(c2ccccc2)(c2ccccc2)c2ccccc2)C(c2ccccc2)(c2ccccc2)c2ccccc2)cc1. The first kappa shape index (κ1) is 70.8. The summed E-state index contributed by atoms with van der Waals surface area (Å²) >= 11 is 0. The molecule has 0 unspecified atom stereocenters. The van der Waals surface area contributed by atoms with Crippen molar-refractivity contribution in [2.75, 3.05) is 0 Å². The normalized spacial score (nSPS) is 11.8. The molecule has 0 N–H and O–H groups in total. The number of hydrogen-bond acceptors (Lipinski definition) is 0. The van der Waals surface area contributed by atoms with Gasteiger partial charge in [-0.05, 0) is 115 Å². The van der Waals surface area contributed by atoms with E-state index >= 15 is 0 Å². The van der Waals surface area contributed by atoms with Gasteiger partial charge in [-0.3, -0.25) is 0 Å². The average Bonchev–Trinajstić information content (AvgIpc) is 0.683. The molecule has 0 aliphatic carbocycles. The molecule has 0 saturated carbocycles. The zero-order valence-electron chi connectivity index (χ0n) is 58.8. The van der Waals surface area contributed by atoms with Crippen LogP contribution < -0.4 is 10.9 Å². The maximum atomic E-state index is 14.8. The van der Waals surface area contributed by atoms with Crippen LogP contribution in [0.4, 0.5) is 26.3 Å². The minimum Gasteiger partial charge on any atom is -0.166 e. The van der Waals surface area contributed by atoms with Crippen molar-refractivity contribution < 1.29 is 26.3 Å². The van der Waals surface area contributed by atoms with Crippen molar-refractivity contribution in [2.45, 2.75) is 33.6 Å². The second-order valence-corrected chi connectivity index (χ2v) is 27.2. The number of alkyl halides is 6. The van der Waals surface area contributed by atoms with Crippen molar-refractivity contribution >= 4 is 24.4 Å². The first-order valence-corrected chi connectivity index (χ1v) is 36.1. The minimum absolute atomic E-state index is 0.329. The number of halogens is 6. The van der Waals surface area contributed by atoms with Crippen LogP contribution in [0.5, 0.6) is 0 Å². The molecule has 0 radical (unpaired) electrons. The summed E-state index contributed by atoms with van der Waals surface area (Å²) in [5.41, 5.74) is 12.5. The molecule has 0 bridgehead atoms. The summed E-state index contributed by atoms with van der Waals surface area (Å²) in [7, 11) is 0. The summed E-state index contributed by atoms with van der Waals surface area (Å²) in [6.45, 7) is -1.80. The molecule has 0 aliphatic rings. The molecule has 108 heavy (non-hydrogen) atoms. The summed E-state index contributed by atoms with van der Waals surface area (Å²) < 4.78 is 88.8. The first-order chi connectivity index (χ1) is 52.9. The summed E-state index contributed by atoms with van der Waals surface area (Å²) in [6.07, 6.45) is -9.27. The van der Waals surface area contributed by atoms with E-state index in [2.05, 4.69) is 327 Å². The van der Waals surface area contributed by atoms with Gasteiger partial charge >= 0.3 is 12.4 Å². The molecule has 0 amide bonds. The third kappa shape index (κ3) is 13.2. The zero-order valence-corrected chi connectivity index (χ0v) is 58.8. The van der Waals surface area contributed by atoms with E-state index in [1.54, 1.807) is 0 Å². The lowest BCUT2D eigenvalue weighted by Crippen LogP contribution is -2.67. The molecule has 15 aromatic carbocycles. The Bertz CT molecular complexity index is 4610. The maximum Gasteiger partial charge on any atom is 0.416 e. The first-order valence-electron chi connectivity index (χ1n) is 36.1. The fraction of sp³-hybridized carbons (Fsp3) is 0.0600. The van der Waals surface area contributed by atoms with Gasteiger partial charge in [0.25, 0.3) is 0 Å². The van der Waals surface area contributed by atoms with Crippen LogP contribution in [0.15, 0.2) is 425 Å². The van der Waals surface area contributed by atoms with E-state index in [-0.39, 0.29) is 0 Å². The predicted octanol–water partition coefficient (Wildman–Crippen LogP) is 22.2. The zero-order chi connectivity index (χ0) is 74.0. The van der Waals surface area contributed by atoms with Crippen LogP contribution >= 0.6 is 0 Å². The van der Waals surface area contributed by atoms with Gasteiger partial charge in [-0.25, -0.2) is 0 Å². The maximum absolute atomic E-state index is 14.8. The van der Waals surface area contributed by atoms with Crippen molar-refractivity contribution in [2.24, 2.45) is 0 Å². The van der Waals surface area contributed by atoms with E-state index in [4.69, 9.17) is 0 Å². The van der Waals surface area contributed by atoms with E-state index in [9.17, 15) is 26.3 Å². The number of hydrogen-bond donors (Lipinski definition) is 0. The Hall–Kier alpha value is -12.9. The lowest BCUT2D eigenvalue weighted by Gasteiger charge is -2.53. The van der Waals surface area contributed by atoms with Gasteiger partial charge in [0.2, 0.25) is 13.4 Å². The van der Waals surface area contributed by atoms with Crippen molar-refractivity contribution in [3.05, 3.63) is 525 Å². The van der Waals surface area contributed by atoms with Crippen molar-refractivity contribution in [3.63, 3.8) is 0 Å². The highest BCUT2D eigenvalue weighted by Crippen LogP contribution is 2.56. The monoisotopic (exact) mass is 1410 g/mol. The van der Waals surface area contributed by atoms with Gasteiger partial charge in [0, 0.05) is 43.5 Å². The molecule has 0 saturated heterocycles. The Kier molecular flexibility index (Phi) is 20.1. The Labute approximate surface area is 629 Å². The molecule has 0 heterocycles. The summed E-state index contributed by atoms with van der Waals surface area (Å²) in [4.78, 5) is 0. The quantitative estimate of drug-likeness (QED) is 0.0348. The molecular formula is C100H70B2F6. The van der Waals surface area contributed by atoms with Crippen LogP contribution in [0.1, 0.15) is 100 Å². The number of rotatable bonds is 18. The summed E-state index contributed by atoms with van der Waals surface area (Å²) in [5, 5.41) is -5.17. The van der Waals surface area contributed by atoms with Crippen LogP contribution in [-0.4, -0.2) is 13.4 Å². The molecule has 0 aromatic heterocycles. The topological polar surface area (TPSA) is 0 Å². The fourth-order valence-corrected chi connectivity index (χ4v) is 17.1. The highest BCUT2D eigenvalue weighted by Gasteiger charge is 2.63. The van der Waals surface area contributed by atoms with Gasteiger partial charge < -0.3 is 0 Å². The van der Waals surface area contributed by atoms with E-state index in [1.165, 1.54) is 24.3 Å². The van der Waals surface area contributed by atoms with Crippen LogP contribution in [0, 0.1) is 23.7 Å². The Morgan fingerprint density at radius 2 is 0.315 bits per heavy atom. The van der Waals surface area contributed by atoms with Gasteiger partial charge in [-0.15, -0.1) is 0 Å². The minimum atomic E-state index is -4.63. The van der Waals surface area contributed by atoms with Crippen LogP contribution in [0.3, 0.4) is 0 Å². The van der Waals surface area contributed by atoms with Crippen molar-refractivity contribution in [3.8, 4) is 23.7 Å². The van der Waals surface area contributed by atoms with Crippen molar-refractivity contribution in [1.29, 1.82) is 0 Å². The largest absolute Gasteiger partial charge is 0.416 e. The van der Waals surface area contributed by atoms with Gasteiger partial charge in [-0.1, -0.05) is 411 Å². The van der Waals surface area contributed by atoms with E-state index in [1.807, 2.05) is 72.8 Å². The van der Waals surface area contributed by atoms with E-state index < -0.39 is 58.2 Å². The smallest absolute Gasteiger partial charge is 0.166 e. The van der Waals surface area contributed by atoms with E-state index in [0.717, 1.165) is 91.0 Å². The lowest BCUT2D eigenvalue weighted by atomic mass is 9.12. The Morgan fingerprint density at radius 3 is 0.454 bits per heavy atom. The Balaban J connectivity index is 1.26. The molecule has 0 spiro atoms. The van der Waals surface area contributed by atoms with Gasteiger partial charge in [0.1, 0.15) is 0 Å². The predicted molar refractivity (Wildman–Crippen MR) is 429 cm³/mol. The number of benzene rings is 15. The highest BCUT2D eigenvalue weighted by atomic mass is 19.4. The second-order valence-electron chi connectivity index (χ2n) is 27.2. The highest BCUT2D eigenvalue weighted by molar-refractivity contribution is 6.84. The van der Waals surface area contributed by atoms with Gasteiger partial charge in [0.05, 0.1) is 11.1 Å².